The second-order valence-corrected chi connectivity index (χ2v) is 4.37. The molecule has 0 saturated carbocycles. The molecule has 0 fully saturated rings. The van der Waals surface area contributed by atoms with Gasteiger partial charge in [-0.25, -0.2) is 4.39 Å². The Labute approximate surface area is 104 Å². The third-order valence-corrected chi connectivity index (χ3v) is 3.09. The summed E-state index contributed by atoms with van der Waals surface area (Å²) in [7, 11) is 0. The van der Waals surface area contributed by atoms with E-state index in [1.807, 2.05) is 6.92 Å². The first-order chi connectivity index (χ1) is 8.08. The maximum absolute atomic E-state index is 13.1. The van der Waals surface area contributed by atoms with Crippen LogP contribution in [0.1, 0.15) is 22.8 Å². The molecule has 0 saturated heterocycles. The van der Waals surface area contributed by atoms with Gasteiger partial charge in [0.1, 0.15) is 11.9 Å². The molecule has 1 N–H and O–H groups in total. The van der Waals surface area contributed by atoms with Gasteiger partial charge in [0.25, 0.3) is 0 Å². The van der Waals surface area contributed by atoms with Crippen molar-refractivity contribution in [1.82, 2.24) is 0 Å². The lowest BCUT2D eigenvalue weighted by atomic mass is 10.00. The number of hydrogen-bond donors (Lipinski definition) is 1. The molecule has 0 aliphatic heterocycles. The maximum Gasteiger partial charge on any atom is 0.123 e. The molecule has 0 radical (unpaired) electrons. The minimum Gasteiger partial charge on any atom is -0.384 e. The molecule has 1 nitrogen and oxygen atoms in total. The van der Waals surface area contributed by atoms with Crippen LogP contribution >= 0.6 is 11.6 Å². The Bertz CT molecular complexity index is 539. The van der Waals surface area contributed by atoms with Gasteiger partial charge in [-0.2, -0.15) is 0 Å². The molecule has 2 aromatic carbocycles. The van der Waals surface area contributed by atoms with Gasteiger partial charge in [-0.3, -0.25) is 0 Å². The summed E-state index contributed by atoms with van der Waals surface area (Å²) in [5, 5.41) is 10.8. The van der Waals surface area contributed by atoms with Crippen molar-refractivity contribution in [2.24, 2.45) is 0 Å². The summed E-state index contributed by atoms with van der Waals surface area (Å²) in [6.07, 6.45) is -0.832. The third-order valence-electron chi connectivity index (χ3n) is 2.66. The predicted molar refractivity (Wildman–Crippen MR) is 66.7 cm³/mol. The van der Waals surface area contributed by atoms with Crippen LogP contribution in [0, 0.1) is 12.7 Å². The topological polar surface area (TPSA) is 20.2 Å². The summed E-state index contributed by atoms with van der Waals surface area (Å²) in [4.78, 5) is 0. The van der Waals surface area contributed by atoms with Gasteiger partial charge in [0.15, 0.2) is 0 Å². The summed E-state index contributed by atoms with van der Waals surface area (Å²) >= 11 is 5.91. The van der Waals surface area contributed by atoms with Crippen LogP contribution in [0.2, 0.25) is 5.02 Å². The second kappa shape index (κ2) is 4.86. The number of benzene rings is 2. The number of rotatable bonds is 2. The minimum atomic E-state index is -0.832. The van der Waals surface area contributed by atoms with Crippen molar-refractivity contribution in [3.63, 3.8) is 0 Å². The van der Waals surface area contributed by atoms with Gasteiger partial charge >= 0.3 is 0 Å². The van der Waals surface area contributed by atoms with Crippen molar-refractivity contribution in [2.45, 2.75) is 13.0 Å². The Morgan fingerprint density at radius 2 is 1.82 bits per heavy atom. The van der Waals surface area contributed by atoms with Crippen LogP contribution in [0.5, 0.6) is 0 Å². The van der Waals surface area contributed by atoms with Gasteiger partial charge in [-0.05, 0) is 41.8 Å². The van der Waals surface area contributed by atoms with E-state index in [1.54, 1.807) is 30.3 Å². The minimum absolute atomic E-state index is 0.354. The molecule has 1 atom stereocenters. The molecular weight excluding hydrogens is 239 g/mol. The SMILES string of the molecule is Cc1cc(C(O)c2cccc(F)c2)ccc1Cl. The van der Waals surface area contributed by atoms with E-state index >= 15 is 0 Å². The van der Waals surface area contributed by atoms with Crippen LogP contribution in [0.3, 0.4) is 0 Å². The van der Waals surface area contributed by atoms with E-state index in [2.05, 4.69) is 0 Å². The Kier molecular flexibility index (Phi) is 3.46. The highest BCUT2D eigenvalue weighted by Gasteiger charge is 2.11. The van der Waals surface area contributed by atoms with Crippen molar-refractivity contribution < 1.29 is 9.50 Å². The summed E-state index contributed by atoms with van der Waals surface area (Å²) in [6, 6.07) is 11.2. The first kappa shape index (κ1) is 12.1. The lowest BCUT2D eigenvalue weighted by molar-refractivity contribution is 0.219. The van der Waals surface area contributed by atoms with Crippen LogP contribution in [0.4, 0.5) is 4.39 Å². The molecule has 2 rings (SSSR count). The monoisotopic (exact) mass is 250 g/mol. The molecular formula is C14H12ClFO. The van der Waals surface area contributed by atoms with Gasteiger partial charge in [0.2, 0.25) is 0 Å². The van der Waals surface area contributed by atoms with E-state index in [1.165, 1.54) is 12.1 Å². The fraction of sp³-hybridized carbons (Fsp3) is 0.143. The largest absolute Gasteiger partial charge is 0.384 e. The van der Waals surface area contributed by atoms with Crippen molar-refractivity contribution in [2.75, 3.05) is 0 Å². The third kappa shape index (κ3) is 2.65. The van der Waals surface area contributed by atoms with Crippen molar-refractivity contribution >= 4 is 11.6 Å². The number of aliphatic hydroxyl groups excluding tert-OH is 1. The smallest absolute Gasteiger partial charge is 0.123 e. The molecule has 1 unspecified atom stereocenters. The van der Waals surface area contributed by atoms with Crippen molar-refractivity contribution in [3.05, 3.63) is 70.0 Å². The Morgan fingerprint density at radius 3 is 2.47 bits per heavy atom. The zero-order valence-corrected chi connectivity index (χ0v) is 10.1. The number of halogens is 2. The van der Waals surface area contributed by atoms with Crippen LogP contribution in [-0.2, 0) is 0 Å². The fourth-order valence-electron chi connectivity index (χ4n) is 1.71. The molecule has 0 aliphatic rings. The van der Waals surface area contributed by atoms with Gasteiger partial charge in [0.05, 0.1) is 0 Å². The highest BCUT2D eigenvalue weighted by Crippen LogP contribution is 2.25. The van der Waals surface area contributed by atoms with Crippen molar-refractivity contribution in [1.29, 1.82) is 0 Å². The normalized spacial score (nSPS) is 12.5. The summed E-state index contributed by atoms with van der Waals surface area (Å²) in [6.45, 7) is 1.87. The lowest BCUT2D eigenvalue weighted by Crippen LogP contribution is -2.00. The molecule has 0 bridgehead atoms. The molecule has 2 aromatic rings. The second-order valence-electron chi connectivity index (χ2n) is 3.97. The average Bonchev–Trinajstić information content (AvgIpc) is 2.32. The fourth-order valence-corrected chi connectivity index (χ4v) is 1.82. The van der Waals surface area contributed by atoms with Gasteiger partial charge in [-0.15, -0.1) is 0 Å². The van der Waals surface area contributed by atoms with Crippen LogP contribution in [0.15, 0.2) is 42.5 Å². The summed E-state index contributed by atoms with van der Waals surface area (Å²) in [5.74, 6) is -0.354. The summed E-state index contributed by atoms with van der Waals surface area (Å²) < 4.78 is 13.1. The van der Waals surface area contributed by atoms with E-state index in [-0.39, 0.29) is 5.82 Å². The summed E-state index contributed by atoms with van der Waals surface area (Å²) in [5.41, 5.74) is 2.13. The van der Waals surface area contributed by atoms with Crippen LogP contribution in [0.25, 0.3) is 0 Å². The van der Waals surface area contributed by atoms with E-state index in [9.17, 15) is 9.50 Å². The molecule has 88 valence electrons. The highest BCUT2D eigenvalue weighted by molar-refractivity contribution is 6.31. The Morgan fingerprint density at radius 1 is 1.12 bits per heavy atom. The molecule has 0 heterocycles. The highest BCUT2D eigenvalue weighted by atomic mass is 35.5. The quantitative estimate of drug-likeness (QED) is 0.858. The molecule has 0 aromatic heterocycles. The first-order valence-electron chi connectivity index (χ1n) is 5.27. The number of hydrogen-bond acceptors (Lipinski definition) is 1. The van der Waals surface area contributed by atoms with Crippen LogP contribution < -0.4 is 0 Å². The molecule has 3 heteroatoms. The van der Waals surface area contributed by atoms with Crippen molar-refractivity contribution in [3.8, 4) is 0 Å². The molecule has 17 heavy (non-hydrogen) atoms. The number of aryl methyl sites for hydroxylation is 1. The first-order valence-corrected chi connectivity index (χ1v) is 5.65. The zero-order chi connectivity index (χ0) is 12.4. The van der Waals surface area contributed by atoms with E-state index in [0.717, 1.165) is 5.56 Å². The number of aliphatic hydroxyl groups is 1. The lowest BCUT2D eigenvalue weighted by Gasteiger charge is -2.12. The molecule has 0 amide bonds. The Hall–Kier alpha value is -1.38. The average molecular weight is 251 g/mol. The van der Waals surface area contributed by atoms with E-state index in [0.29, 0.717) is 16.1 Å². The Balaban J connectivity index is 2.36. The van der Waals surface area contributed by atoms with E-state index < -0.39 is 6.10 Å². The maximum atomic E-state index is 13.1. The van der Waals surface area contributed by atoms with E-state index in [4.69, 9.17) is 11.6 Å². The predicted octanol–water partition coefficient (Wildman–Crippen LogP) is 3.87. The van der Waals surface area contributed by atoms with Gasteiger partial charge in [-0.1, -0.05) is 35.9 Å². The molecule has 0 aliphatic carbocycles. The zero-order valence-electron chi connectivity index (χ0n) is 9.32. The van der Waals surface area contributed by atoms with Gasteiger partial charge < -0.3 is 5.11 Å². The standard InChI is InChI=1S/C14H12ClFO/c1-9-7-11(5-6-13(9)15)14(17)10-3-2-4-12(16)8-10/h2-8,14,17H,1H3. The molecule has 0 spiro atoms. The van der Waals surface area contributed by atoms with Gasteiger partial charge in [0, 0.05) is 5.02 Å². The van der Waals surface area contributed by atoms with Crippen LogP contribution in [-0.4, -0.2) is 5.11 Å².